The summed E-state index contributed by atoms with van der Waals surface area (Å²) in [6.07, 6.45) is 0. The predicted molar refractivity (Wildman–Crippen MR) is 64.9 cm³/mol. The number of rotatable bonds is 4. The number of ether oxygens (including phenoxy) is 1. The second-order valence-electron chi connectivity index (χ2n) is 4.03. The maximum absolute atomic E-state index is 11.7. The number of likely N-dealkylation sites (N-methyl/N-ethyl adjacent to an activating group) is 1. The highest BCUT2D eigenvalue weighted by Gasteiger charge is 2.26. The summed E-state index contributed by atoms with van der Waals surface area (Å²) in [7, 11) is 1.76. The Kier molecular flexibility index (Phi) is 3.36. The molecule has 0 saturated carbocycles. The SMILES string of the molecule is CN1CCN(c2ccc(OCC(=O)O)cc2)C1=O. The monoisotopic (exact) mass is 250 g/mol. The van der Waals surface area contributed by atoms with Crippen LogP contribution in [0.1, 0.15) is 0 Å². The molecule has 2 amide bonds. The molecule has 0 spiro atoms. The average molecular weight is 250 g/mol. The standard InChI is InChI=1S/C12H14N2O4/c1-13-6-7-14(12(13)17)9-2-4-10(5-3-9)18-8-11(15)16/h2-5H,6-8H2,1H3,(H,15,16). The van der Waals surface area contributed by atoms with Gasteiger partial charge in [0.25, 0.3) is 0 Å². The number of aliphatic carboxylic acids is 1. The lowest BCUT2D eigenvalue weighted by Crippen LogP contribution is -2.29. The third-order valence-corrected chi connectivity index (χ3v) is 2.73. The molecule has 1 aromatic carbocycles. The van der Waals surface area contributed by atoms with E-state index in [9.17, 15) is 9.59 Å². The number of benzene rings is 1. The number of amides is 2. The summed E-state index contributed by atoms with van der Waals surface area (Å²) in [5.74, 6) is -0.545. The number of carbonyl (C=O) groups is 2. The van der Waals surface area contributed by atoms with Crippen LogP contribution in [-0.4, -0.2) is 48.8 Å². The van der Waals surface area contributed by atoms with E-state index in [0.29, 0.717) is 18.8 Å². The van der Waals surface area contributed by atoms with Crippen LogP contribution in [0.2, 0.25) is 0 Å². The topological polar surface area (TPSA) is 70.1 Å². The minimum Gasteiger partial charge on any atom is -0.482 e. The predicted octanol–water partition coefficient (Wildman–Crippen LogP) is 1.02. The number of carbonyl (C=O) groups excluding carboxylic acids is 1. The number of nitrogens with zero attached hydrogens (tertiary/aromatic N) is 2. The molecule has 0 radical (unpaired) electrons. The molecule has 1 fully saturated rings. The van der Waals surface area contributed by atoms with Crippen molar-refractivity contribution in [3.05, 3.63) is 24.3 Å². The van der Waals surface area contributed by atoms with Crippen LogP contribution in [0.5, 0.6) is 5.75 Å². The highest BCUT2D eigenvalue weighted by Crippen LogP contribution is 2.22. The minimum atomic E-state index is -1.02. The Morgan fingerprint density at radius 1 is 1.33 bits per heavy atom. The summed E-state index contributed by atoms with van der Waals surface area (Å²) < 4.78 is 5.02. The Bertz CT molecular complexity index is 458. The smallest absolute Gasteiger partial charge is 0.341 e. The van der Waals surface area contributed by atoms with Crippen molar-refractivity contribution in [2.24, 2.45) is 0 Å². The van der Waals surface area contributed by atoms with Crippen LogP contribution in [0, 0.1) is 0 Å². The Morgan fingerprint density at radius 2 is 2.00 bits per heavy atom. The average Bonchev–Trinajstić information content (AvgIpc) is 2.68. The fraction of sp³-hybridized carbons (Fsp3) is 0.333. The zero-order chi connectivity index (χ0) is 13.1. The van der Waals surface area contributed by atoms with Gasteiger partial charge in [0.15, 0.2) is 6.61 Å². The summed E-state index contributed by atoms with van der Waals surface area (Å²) in [6, 6.07) is 6.77. The van der Waals surface area contributed by atoms with Gasteiger partial charge < -0.3 is 14.7 Å². The zero-order valence-electron chi connectivity index (χ0n) is 10.00. The van der Waals surface area contributed by atoms with E-state index in [-0.39, 0.29) is 12.6 Å². The van der Waals surface area contributed by atoms with Crippen molar-refractivity contribution < 1.29 is 19.4 Å². The van der Waals surface area contributed by atoms with Crippen molar-refractivity contribution >= 4 is 17.7 Å². The molecule has 0 bridgehead atoms. The summed E-state index contributed by atoms with van der Waals surface area (Å²) in [6.45, 7) is 0.992. The summed E-state index contributed by atoms with van der Waals surface area (Å²) in [4.78, 5) is 25.4. The van der Waals surface area contributed by atoms with E-state index in [1.807, 2.05) is 0 Å². The Balaban J connectivity index is 2.04. The molecule has 96 valence electrons. The van der Waals surface area contributed by atoms with Crippen LogP contribution < -0.4 is 9.64 Å². The van der Waals surface area contributed by atoms with Gasteiger partial charge in [-0.15, -0.1) is 0 Å². The van der Waals surface area contributed by atoms with Crippen molar-refractivity contribution in [1.82, 2.24) is 4.90 Å². The first-order chi connectivity index (χ1) is 8.58. The van der Waals surface area contributed by atoms with Gasteiger partial charge in [0.2, 0.25) is 0 Å². The molecule has 6 heteroatoms. The van der Waals surface area contributed by atoms with Gasteiger partial charge in [0, 0.05) is 25.8 Å². The van der Waals surface area contributed by atoms with E-state index in [0.717, 1.165) is 5.69 Å². The largest absolute Gasteiger partial charge is 0.482 e. The van der Waals surface area contributed by atoms with Gasteiger partial charge in [-0.25, -0.2) is 9.59 Å². The first-order valence-electron chi connectivity index (χ1n) is 5.55. The molecule has 1 N–H and O–H groups in total. The van der Waals surface area contributed by atoms with E-state index < -0.39 is 5.97 Å². The molecule has 1 aromatic rings. The maximum atomic E-state index is 11.7. The normalized spacial score (nSPS) is 15.1. The number of urea groups is 1. The van der Waals surface area contributed by atoms with Crippen molar-refractivity contribution in [3.63, 3.8) is 0 Å². The van der Waals surface area contributed by atoms with Crippen LogP contribution in [0.15, 0.2) is 24.3 Å². The summed E-state index contributed by atoms with van der Waals surface area (Å²) in [5, 5.41) is 8.48. The number of hydrogen-bond acceptors (Lipinski definition) is 3. The van der Waals surface area contributed by atoms with E-state index in [2.05, 4.69) is 0 Å². The van der Waals surface area contributed by atoms with Crippen LogP contribution in [0.25, 0.3) is 0 Å². The first-order valence-corrected chi connectivity index (χ1v) is 5.55. The van der Waals surface area contributed by atoms with Gasteiger partial charge >= 0.3 is 12.0 Å². The lowest BCUT2D eigenvalue weighted by atomic mass is 10.3. The second-order valence-corrected chi connectivity index (χ2v) is 4.03. The van der Waals surface area contributed by atoms with Gasteiger partial charge in [-0.1, -0.05) is 0 Å². The van der Waals surface area contributed by atoms with Crippen molar-refractivity contribution in [2.45, 2.75) is 0 Å². The number of carboxylic acids is 1. The lowest BCUT2D eigenvalue weighted by Gasteiger charge is -2.16. The first kappa shape index (κ1) is 12.2. The van der Waals surface area contributed by atoms with Crippen molar-refractivity contribution in [2.75, 3.05) is 31.6 Å². The van der Waals surface area contributed by atoms with Gasteiger partial charge in [0.05, 0.1) is 0 Å². The quantitative estimate of drug-likeness (QED) is 0.866. The lowest BCUT2D eigenvalue weighted by molar-refractivity contribution is -0.139. The van der Waals surface area contributed by atoms with Gasteiger partial charge in [-0.05, 0) is 24.3 Å². The second kappa shape index (κ2) is 4.95. The maximum Gasteiger partial charge on any atom is 0.341 e. The molecule has 6 nitrogen and oxygen atoms in total. The molecular formula is C12H14N2O4. The van der Waals surface area contributed by atoms with E-state index in [4.69, 9.17) is 9.84 Å². The molecule has 1 aliphatic rings. The van der Waals surface area contributed by atoms with E-state index in [1.54, 1.807) is 41.1 Å². The van der Waals surface area contributed by atoms with E-state index in [1.165, 1.54) is 0 Å². The molecule has 0 aliphatic carbocycles. The molecular weight excluding hydrogens is 236 g/mol. The molecule has 1 aliphatic heterocycles. The number of hydrogen-bond donors (Lipinski definition) is 1. The van der Waals surface area contributed by atoms with Gasteiger partial charge in [-0.2, -0.15) is 0 Å². The molecule has 2 rings (SSSR count). The molecule has 18 heavy (non-hydrogen) atoms. The molecule has 0 atom stereocenters. The van der Waals surface area contributed by atoms with Crippen LogP contribution in [0.4, 0.5) is 10.5 Å². The number of anilines is 1. The molecule has 0 unspecified atom stereocenters. The number of carboxylic acid groups (broad SMARTS) is 1. The van der Waals surface area contributed by atoms with E-state index >= 15 is 0 Å². The molecule has 1 saturated heterocycles. The zero-order valence-corrected chi connectivity index (χ0v) is 10.00. The van der Waals surface area contributed by atoms with Crippen molar-refractivity contribution in [3.8, 4) is 5.75 Å². The minimum absolute atomic E-state index is 0.0331. The van der Waals surface area contributed by atoms with Gasteiger partial charge in [-0.3, -0.25) is 4.90 Å². The van der Waals surface area contributed by atoms with Crippen LogP contribution in [-0.2, 0) is 4.79 Å². The third kappa shape index (κ3) is 2.53. The molecule has 1 heterocycles. The Labute approximate surface area is 104 Å². The summed E-state index contributed by atoms with van der Waals surface area (Å²) >= 11 is 0. The highest BCUT2D eigenvalue weighted by atomic mass is 16.5. The van der Waals surface area contributed by atoms with Crippen LogP contribution >= 0.6 is 0 Å². The van der Waals surface area contributed by atoms with Crippen molar-refractivity contribution in [1.29, 1.82) is 0 Å². The van der Waals surface area contributed by atoms with Gasteiger partial charge in [0.1, 0.15) is 5.75 Å². The molecule has 0 aromatic heterocycles. The third-order valence-electron chi connectivity index (χ3n) is 2.73. The fourth-order valence-corrected chi connectivity index (χ4v) is 1.75. The van der Waals surface area contributed by atoms with Crippen LogP contribution in [0.3, 0.4) is 0 Å². The Morgan fingerprint density at radius 3 is 2.50 bits per heavy atom. The fourth-order valence-electron chi connectivity index (χ4n) is 1.75. The summed E-state index contributed by atoms with van der Waals surface area (Å²) in [5.41, 5.74) is 0.784. The Hall–Kier alpha value is -2.24. The highest BCUT2D eigenvalue weighted by molar-refractivity contribution is 5.93.